The van der Waals surface area contributed by atoms with Gasteiger partial charge in [0.2, 0.25) is 11.8 Å². The molecule has 0 atom stereocenters. The second kappa shape index (κ2) is 11.9. The van der Waals surface area contributed by atoms with Gasteiger partial charge in [-0.2, -0.15) is 0 Å². The number of rotatable bonds is 7. The fraction of sp³-hybridized carbons (Fsp3) is 0.250. The van der Waals surface area contributed by atoms with Crippen LogP contribution in [0.3, 0.4) is 0 Å². The number of nitrogens with one attached hydrogen (secondary N) is 2. The van der Waals surface area contributed by atoms with E-state index in [0.717, 1.165) is 11.1 Å². The summed E-state index contributed by atoms with van der Waals surface area (Å²) < 4.78 is 0. The number of benzene rings is 3. The first-order valence-electron chi connectivity index (χ1n) is 12.7. The second-order valence-electron chi connectivity index (χ2n) is 11.4. The molecule has 0 saturated heterocycles. The lowest BCUT2D eigenvalue weighted by Gasteiger charge is -2.18. The van der Waals surface area contributed by atoms with Gasteiger partial charge in [-0.25, -0.2) is 0 Å². The van der Waals surface area contributed by atoms with Crippen molar-refractivity contribution in [2.24, 2.45) is 0 Å². The van der Waals surface area contributed by atoms with Crippen LogP contribution in [0.15, 0.2) is 78.9 Å². The molecule has 2 N–H and O–H groups in total. The smallest absolute Gasteiger partial charge is 0.292 e. The first-order valence-corrected chi connectivity index (χ1v) is 12.7. The molecule has 7 heteroatoms. The zero-order chi connectivity index (χ0) is 28.8. The fourth-order valence-electron chi connectivity index (χ4n) is 3.76. The third-order valence-corrected chi connectivity index (χ3v) is 6.13. The molecule has 2 amide bonds. The van der Waals surface area contributed by atoms with E-state index in [1.807, 2.05) is 48.5 Å². The van der Waals surface area contributed by atoms with E-state index in [0.29, 0.717) is 5.69 Å². The molecule has 0 radical (unpaired) electrons. The fourth-order valence-corrected chi connectivity index (χ4v) is 3.76. The maximum Gasteiger partial charge on any atom is 0.292 e. The van der Waals surface area contributed by atoms with Crippen LogP contribution in [0.4, 0.5) is 17.1 Å². The van der Waals surface area contributed by atoms with Crippen molar-refractivity contribution in [3.63, 3.8) is 0 Å². The van der Waals surface area contributed by atoms with Crippen molar-refractivity contribution >= 4 is 41.0 Å². The second-order valence-corrected chi connectivity index (χ2v) is 11.4. The van der Waals surface area contributed by atoms with E-state index in [1.54, 1.807) is 12.2 Å². The maximum atomic E-state index is 12.5. The van der Waals surface area contributed by atoms with Gasteiger partial charge in [0, 0.05) is 23.9 Å². The number of hydrogen-bond donors (Lipinski definition) is 2. The number of nitro benzene ring substituents is 1. The number of amides is 2. The Balaban J connectivity index is 1.69. The number of nitrogens with zero attached hydrogens (tertiary/aromatic N) is 1. The Hall–Kier alpha value is -4.52. The molecule has 7 nitrogen and oxygen atoms in total. The Kier molecular flexibility index (Phi) is 8.86. The van der Waals surface area contributed by atoms with Crippen molar-refractivity contribution in [3.8, 4) is 0 Å². The predicted molar refractivity (Wildman–Crippen MR) is 159 cm³/mol. The molecule has 0 aromatic heterocycles. The summed E-state index contributed by atoms with van der Waals surface area (Å²) in [6.45, 7) is 12.8. The van der Waals surface area contributed by atoms with Gasteiger partial charge in [0.1, 0.15) is 5.69 Å². The number of anilines is 2. The minimum atomic E-state index is -0.586. The van der Waals surface area contributed by atoms with Crippen molar-refractivity contribution in [3.05, 3.63) is 111 Å². The van der Waals surface area contributed by atoms with Gasteiger partial charge in [-0.05, 0) is 57.4 Å². The van der Waals surface area contributed by atoms with Crippen molar-refractivity contribution in [1.82, 2.24) is 0 Å². The van der Waals surface area contributed by atoms with Crippen LogP contribution in [-0.4, -0.2) is 16.7 Å². The monoisotopic (exact) mass is 525 g/mol. The summed E-state index contributed by atoms with van der Waals surface area (Å²) >= 11 is 0. The molecule has 0 saturated carbocycles. The summed E-state index contributed by atoms with van der Waals surface area (Å²) in [6, 6.07) is 19.8. The Morgan fingerprint density at radius 3 is 1.54 bits per heavy atom. The van der Waals surface area contributed by atoms with Gasteiger partial charge in [-0.1, -0.05) is 90.1 Å². The van der Waals surface area contributed by atoms with Gasteiger partial charge in [-0.3, -0.25) is 19.7 Å². The first-order chi connectivity index (χ1) is 18.2. The van der Waals surface area contributed by atoms with Crippen molar-refractivity contribution in [2.75, 3.05) is 10.6 Å². The summed E-state index contributed by atoms with van der Waals surface area (Å²) in [4.78, 5) is 36.0. The first kappa shape index (κ1) is 29.0. The van der Waals surface area contributed by atoms with Gasteiger partial charge in [0.25, 0.3) is 5.69 Å². The zero-order valence-corrected chi connectivity index (χ0v) is 23.2. The quantitative estimate of drug-likeness (QED) is 0.189. The summed E-state index contributed by atoms with van der Waals surface area (Å²) in [7, 11) is 0. The molecule has 0 spiro atoms. The number of nitro groups is 1. The molecule has 3 aromatic rings. The number of hydrogen-bond acceptors (Lipinski definition) is 4. The summed E-state index contributed by atoms with van der Waals surface area (Å²) in [5.74, 6) is -0.931. The molecule has 0 aliphatic carbocycles. The summed E-state index contributed by atoms with van der Waals surface area (Å²) in [5.41, 5.74) is 4.14. The number of carbonyl (C=O) groups is 2. The van der Waals surface area contributed by atoms with Crippen LogP contribution in [0.1, 0.15) is 63.8 Å². The van der Waals surface area contributed by atoms with E-state index in [9.17, 15) is 19.7 Å². The number of carbonyl (C=O) groups excluding carboxylic acids is 2. The molecule has 202 valence electrons. The van der Waals surface area contributed by atoms with Crippen LogP contribution < -0.4 is 10.6 Å². The Morgan fingerprint density at radius 1 is 0.692 bits per heavy atom. The lowest BCUT2D eigenvalue weighted by Crippen LogP contribution is -2.12. The molecule has 0 aliphatic rings. The normalized spacial score (nSPS) is 12.1. The average Bonchev–Trinajstić information content (AvgIpc) is 2.85. The largest absolute Gasteiger partial charge is 0.322 e. The molecule has 3 rings (SSSR count). The van der Waals surface area contributed by atoms with E-state index in [4.69, 9.17) is 0 Å². The molecule has 0 heterocycles. The van der Waals surface area contributed by atoms with Gasteiger partial charge in [-0.15, -0.1) is 0 Å². The van der Waals surface area contributed by atoms with E-state index in [1.165, 1.54) is 41.5 Å². The van der Waals surface area contributed by atoms with E-state index in [-0.39, 0.29) is 22.2 Å². The van der Waals surface area contributed by atoms with Gasteiger partial charge in [0.05, 0.1) is 4.92 Å². The van der Waals surface area contributed by atoms with Crippen molar-refractivity contribution in [1.29, 1.82) is 0 Å². The lowest BCUT2D eigenvalue weighted by atomic mass is 9.87. The predicted octanol–water partition coefficient (Wildman–Crippen LogP) is 7.49. The Bertz CT molecular complexity index is 1410. The highest BCUT2D eigenvalue weighted by atomic mass is 16.6. The average molecular weight is 526 g/mol. The molecule has 0 bridgehead atoms. The third-order valence-electron chi connectivity index (χ3n) is 6.13. The summed E-state index contributed by atoms with van der Waals surface area (Å²) in [6.07, 6.45) is 6.03. The van der Waals surface area contributed by atoms with Crippen LogP contribution in [0.25, 0.3) is 12.2 Å². The minimum absolute atomic E-state index is 0.0164. The standard InChI is InChI=1S/C32H35N3O4/c1-31(2,3)24-13-7-22(8-14-24)11-19-29(36)33-26-17-18-28(35(38)39)27(21-26)34-30(37)20-12-23-9-15-25(16-10-23)32(4,5)6/h7-21H,1-6H3,(H,33,36)(H,34,37)/b19-11+,20-12+. The summed E-state index contributed by atoms with van der Waals surface area (Å²) in [5, 5.41) is 16.7. The van der Waals surface area contributed by atoms with Crippen LogP contribution in [-0.2, 0) is 20.4 Å². The van der Waals surface area contributed by atoms with Gasteiger partial charge < -0.3 is 10.6 Å². The van der Waals surface area contributed by atoms with Crippen LogP contribution in [0.2, 0.25) is 0 Å². The molecular formula is C32H35N3O4. The topological polar surface area (TPSA) is 101 Å². The van der Waals surface area contributed by atoms with E-state index < -0.39 is 16.7 Å². The SMILES string of the molecule is CC(C)(C)c1ccc(/C=C/C(=O)Nc2ccc([N+](=O)[O-])c(NC(=O)/C=C/c3ccc(C(C)(C)C)cc3)c2)cc1. The molecule has 0 aliphatic heterocycles. The highest BCUT2D eigenvalue weighted by Gasteiger charge is 2.17. The Morgan fingerprint density at radius 2 is 1.13 bits per heavy atom. The van der Waals surface area contributed by atoms with Gasteiger partial charge in [0.15, 0.2) is 0 Å². The Labute approximate surface area is 229 Å². The molecule has 0 unspecified atom stereocenters. The molecule has 0 fully saturated rings. The van der Waals surface area contributed by atoms with Crippen molar-refractivity contribution < 1.29 is 14.5 Å². The molecule has 3 aromatic carbocycles. The zero-order valence-electron chi connectivity index (χ0n) is 23.2. The van der Waals surface area contributed by atoms with Crippen molar-refractivity contribution in [2.45, 2.75) is 52.4 Å². The third kappa shape index (κ3) is 8.50. The van der Waals surface area contributed by atoms with Crippen LogP contribution >= 0.6 is 0 Å². The molecular weight excluding hydrogens is 490 g/mol. The maximum absolute atomic E-state index is 12.5. The molecule has 39 heavy (non-hydrogen) atoms. The highest BCUT2D eigenvalue weighted by molar-refractivity contribution is 6.05. The highest BCUT2D eigenvalue weighted by Crippen LogP contribution is 2.28. The lowest BCUT2D eigenvalue weighted by molar-refractivity contribution is -0.383. The van der Waals surface area contributed by atoms with Gasteiger partial charge >= 0.3 is 0 Å². The van der Waals surface area contributed by atoms with E-state index in [2.05, 4.69) is 52.2 Å². The van der Waals surface area contributed by atoms with Crippen LogP contribution in [0, 0.1) is 10.1 Å². The van der Waals surface area contributed by atoms with E-state index >= 15 is 0 Å². The minimum Gasteiger partial charge on any atom is -0.322 e. The van der Waals surface area contributed by atoms with Crippen LogP contribution in [0.5, 0.6) is 0 Å².